The maximum absolute atomic E-state index is 13.5. The molecule has 0 unspecified atom stereocenters. The molecule has 2 aromatic heterocycles. The summed E-state index contributed by atoms with van der Waals surface area (Å²) in [6.45, 7) is 8.63. The van der Waals surface area contributed by atoms with Gasteiger partial charge in [0.1, 0.15) is 5.82 Å². The number of hydrogen-bond acceptors (Lipinski definition) is 6. The van der Waals surface area contributed by atoms with Gasteiger partial charge in [-0.15, -0.1) is 0 Å². The lowest BCUT2D eigenvalue weighted by atomic mass is 9.95. The number of pyridine rings is 1. The Hall–Kier alpha value is -4.41. The summed E-state index contributed by atoms with van der Waals surface area (Å²) in [6.07, 6.45) is 3.22. The first-order valence-corrected chi connectivity index (χ1v) is 14.1. The first kappa shape index (κ1) is 28.1. The van der Waals surface area contributed by atoms with Crippen LogP contribution in [0.5, 0.6) is 0 Å². The zero-order valence-electron chi connectivity index (χ0n) is 24.3. The van der Waals surface area contributed by atoms with Gasteiger partial charge in [0.25, 0.3) is 5.91 Å². The van der Waals surface area contributed by atoms with Gasteiger partial charge in [-0.1, -0.05) is 19.1 Å². The highest BCUT2D eigenvalue weighted by atomic mass is 16.2. The van der Waals surface area contributed by atoms with Crippen LogP contribution >= 0.6 is 0 Å². The molecule has 0 saturated carbocycles. The minimum atomic E-state index is -0.226. The van der Waals surface area contributed by atoms with Crippen molar-refractivity contribution in [3.63, 3.8) is 0 Å². The largest absolute Gasteiger partial charge is 0.351 e. The molecule has 2 aliphatic heterocycles. The van der Waals surface area contributed by atoms with Crippen LogP contribution in [0.1, 0.15) is 72.9 Å². The summed E-state index contributed by atoms with van der Waals surface area (Å²) in [5.74, 6) is 0.861. The van der Waals surface area contributed by atoms with Crippen molar-refractivity contribution >= 4 is 35.0 Å². The van der Waals surface area contributed by atoms with E-state index >= 15 is 0 Å². The van der Waals surface area contributed by atoms with Crippen molar-refractivity contribution in [1.82, 2.24) is 25.0 Å². The molecule has 41 heavy (non-hydrogen) atoms. The average Bonchev–Trinajstić information content (AvgIpc) is 3.56. The molecular formula is C30H38N8O3. The zero-order chi connectivity index (χ0) is 29.3. The van der Waals surface area contributed by atoms with Crippen molar-refractivity contribution in [3.8, 4) is 0 Å². The normalized spacial score (nSPS) is 16.6. The number of hydrogen-bond donors (Lipinski definition) is 2. The van der Waals surface area contributed by atoms with Crippen LogP contribution in [0.4, 0.5) is 22.0 Å². The fraction of sp³-hybridized carbons (Fsp3) is 0.433. The highest BCUT2D eigenvalue weighted by Crippen LogP contribution is 2.35. The number of nitrogens with one attached hydrogen (secondary N) is 2. The number of anilines is 3. The zero-order valence-corrected chi connectivity index (χ0v) is 24.3. The number of benzene rings is 1. The number of carbonyl (C=O) groups is 3. The van der Waals surface area contributed by atoms with Crippen LogP contribution in [0.15, 0.2) is 42.6 Å². The fourth-order valence-corrected chi connectivity index (χ4v) is 5.44. The number of nitrogens with zero attached hydrogens (tertiary/aromatic N) is 6. The van der Waals surface area contributed by atoms with E-state index in [0.717, 1.165) is 47.8 Å². The minimum absolute atomic E-state index is 0.111. The van der Waals surface area contributed by atoms with Crippen molar-refractivity contribution < 1.29 is 14.4 Å². The summed E-state index contributed by atoms with van der Waals surface area (Å²) in [4.78, 5) is 47.6. The second-order valence-corrected chi connectivity index (χ2v) is 11.3. The fourth-order valence-electron chi connectivity index (χ4n) is 5.44. The predicted octanol–water partition coefficient (Wildman–Crippen LogP) is 4.13. The molecule has 2 aliphatic rings. The lowest BCUT2D eigenvalue weighted by molar-refractivity contribution is -0.117. The molecule has 3 aromatic rings. The smallest absolute Gasteiger partial charge is 0.321 e. The second kappa shape index (κ2) is 11.6. The van der Waals surface area contributed by atoms with Crippen LogP contribution in [0.3, 0.4) is 0 Å². The Bertz CT molecular complexity index is 1430. The van der Waals surface area contributed by atoms with Gasteiger partial charge in [0.05, 0.1) is 11.9 Å². The first-order valence-electron chi connectivity index (χ1n) is 14.1. The summed E-state index contributed by atoms with van der Waals surface area (Å²) in [5.41, 5.74) is 4.85. The standard InChI is InChI=1S/C30H38N8O3/c1-19(2)38-28-20(3)17-36(25-13-12-23(16-31-25)37-14-6-7-26(37)39)18-24(28)27(34-38)29(40)32-15-21-8-10-22(11-9-21)33-30(41)35(4)5/h8-13,16,19-20H,6-7,14-15,17-18H2,1-5H3,(H,32,40)(H,33,41)/t20-/m0/s1. The van der Waals surface area contributed by atoms with E-state index < -0.39 is 0 Å². The Labute approximate surface area is 240 Å². The molecule has 1 fully saturated rings. The van der Waals surface area contributed by atoms with Crippen molar-refractivity contribution in [3.05, 3.63) is 65.1 Å². The molecule has 1 aromatic carbocycles. The van der Waals surface area contributed by atoms with Crippen LogP contribution in [-0.4, -0.2) is 64.7 Å². The van der Waals surface area contributed by atoms with Gasteiger partial charge in [0.2, 0.25) is 5.91 Å². The summed E-state index contributed by atoms with van der Waals surface area (Å²) in [5, 5.41) is 10.6. The molecule has 11 heteroatoms. The molecule has 2 N–H and O–H groups in total. The number of amides is 4. The Morgan fingerprint density at radius 2 is 1.88 bits per heavy atom. The molecular weight excluding hydrogens is 520 g/mol. The van der Waals surface area contributed by atoms with E-state index in [1.165, 1.54) is 4.90 Å². The molecule has 4 heterocycles. The predicted molar refractivity (Wildman–Crippen MR) is 158 cm³/mol. The number of urea groups is 1. The van der Waals surface area contributed by atoms with Gasteiger partial charge in [-0.25, -0.2) is 9.78 Å². The molecule has 0 spiro atoms. The summed E-state index contributed by atoms with van der Waals surface area (Å²) < 4.78 is 1.98. The number of aromatic nitrogens is 3. The van der Waals surface area contributed by atoms with E-state index in [1.807, 2.05) is 41.1 Å². The van der Waals surface area contributed by atoms with Gasteiger partial charge in [-0.05, 0) is 50.1 Å². The van der Waals surface area contributed by atoms with Crippen LogP contribution < -0.4 is 20.4 Å². The van der Waals surface area contributed by atoms with Gasteiger partial charge >= 0.3 is 6.03 Å². The number of rotatable bonds is 7. The highest BCUT2D eigenvalue weighted by Gasteiger charge is 2.33. The second-order valence-electron chi connectivity index (χ2n) is 11.3. The third-order valence-electron chi connectivity index (χ3n) is 7.57. The molecule has 216 valence electrons. The highest BCUT2D eigenvalue weighted by molar-refractivity contribution is 5.95. The third kappa shape index (κ3) is 5.89. The SMILES string of the molecule is CC(C)n1nc(C(=O)NCc2ccc(NC(=O)N(C)C)cc2)c2c1[C@@H](C)CN(c1ccc(N3CCCC3=O)cn1)C2. The molecule has 5 rings (SSSR count). The Balaban J connectivity index is 1.32. The van der Waals surface area contributed by atoms with Crippen LogP contribution in [-0.2, 0) is 17.9 Å². The van der Waals surface area contributed by atoms with Gasteiger partial charge < -0.3 is 25.3 Å². The minimum Gasteiger partial charge on any atom is -0.351 e. The van der Waals surface area contributed by atoms with Gasteiger partial charge in [-0.2, -0.15) is 5.10 Å². The summed E-state index contributed by atoms with van der Waals surface area (Å²) in [6, 6.07) is 11.2. The van der Waals surface area contributed by atoms with Gasteiger partial charge in [0.15, 0.2) is 5.69 Å². The number of fused-ring (bicyclic) bond motifs is 1. The molecule has 11 nitrogen and oxygen atoms in total. The van der Waals surface area contributed by atoms with Crippen LogP contribution in [0.2, 0.25) is 0 Å². The molecule has 4 amide bonds. The Morgan fingerprint density at radius 1 is 1.12 bits per heavy atom. The van der Waals surface area contributed by atoms with Gasteiger partial charge in [0, 0.05) is 75.6 Å². The van der Waals surface area contributed by atoms with E-state index in [0.29, 0.717) is 30.9 Å². The van der Waals surface area contributed by atoms with Gasteiger partial charge in [-0.3, -0.25) is 14.3 Å². The number of carbonyl (C=O) groups excluding carboxylic acids is 3. The maximum Gasteiger partial charge on any atom is 0.321 e. The first-order chi connectivity index (χ1) is 19.6. The monoisotopic (exact) mass is 558 g/mol. The molecule has 0 aliphatic carbocycles. The lowest BCUT2D eigenvalue weighted by Crippen LogP contribution is -2.35. The summed E-state index contributed by atoms with van der Waals surface area (Å²) >= 11 is 0. The molecule has 0 bridgehead atoms. The molecule has 0 radical (unpaired) electrons. The summed E-state index contributed by atoms with van der Waals surface area (Å²) in [7, 11) is 3.37. The van der Waals surface area contributed by atoms with Crippen molar-refractivity contribution in [2.75, 3.05) is 42.3 Å². The maximum atomic E-state index is 13.5. The van der Waals surface area contributed by atoms with E-state index in [2.05, 4.69) is 36.3 Å². The van der Waals surface area contributed by atoms with Crippen LogP contribution in [0, 0.1) is 0 Å². The topological polar surface area (TPSA) is 116 Å². The molecule has 1 atom stereocenters. The van der Waals surface area contributed by atoms with Crippen molar-refractivity contribution in [2.24, 2.45) is 0 Å². The van der Waals surface area contributed by atoms with E-state index in [4.69, 9.17) is 10.1 Å². The lowest BCUT2D eigenvalue weighted by Gasteiger charge is -2.33. The van der Waals surface area contributed by atoms with Crippen LogP contribution in [0.25, 0.3) is 0 Å². The Kier molecular flexibility index (Phi) is 7.96. The van der Waals surface area contributed by atoms with Crippen molar-refractivity contribution in [2.45, 2.75) is 58.7 Å². The molecule has 1 saturated heterocycles. The van der Waals surface area contributed by atoms with E-state index in [-0.39, 0.29) is 29.8 Å². The van der Waals surface area contributed by atoms with E-state index in [9.17, 15) is 14.4 Å². The van der Waals surface area contributed by atoms with Crippen molar-refractivity contribution in [1.29, 1.82) is 0 Å². The van der Waals surface area contributed by atoms with E-state index in [1.54, 1.807) is 25.2 Å². The quantitative estimate of drug-likeness (QED) is 0.451. The third-order valence-corrected chi connectivity index (χ3v) is 7.57. The average molecular weight is 559 g/mol. The Morgan fingerprint density at radius 3 is 2.49 bits per heavy atom.